The number of benzene rings is 1. The summed E-state index contributed by atoms with van der Waals surface area (Å²) in [4.78, 5) is 30.8. The van der Waals surface area contributed by atoms with Crippen molar-refractivity contribution in [3.05, 3.63) is 99.4 Å². The molecular weight excluding hydrogens is 384 g/mol. The van der Waals surface area contributed by atoms with E-state index in [1.54, 1.807) is 29.7 Å². The Labute approximate surface area is 171 Å². The Morgan fingerprint density at radius 2 is 1.97 bits per heavy atom. The number of hydrogen-bond donors (Lipinski definition) is 0. The monoisotopic (exact) mass is 402 g/mol. The molecule has 3 aromatic heterocycles. The van der Waals surface area contributed by atoms with Crippen LogP contribution in [0.5, 0.6) is 0 Å². The summed E-state index contributed by atoms with van der Waals surface area (Å²) in [5.41, 5.74) is 2.81. The maximum absolute atomic E-state index is 12.2. The molecular formula is C23H18N2O3S. The largest absolute Gasteiger partial charge is 0.456 e. The molecule has 0 atom stereocenters. The molecule has 3 heterocycles. The Hall–Kier alpha value is -3.51. The van der Waals surface area contributed by atoms with E-state index in [9.17, 15) is 9.59 Å². The number of rotatable bonds is 5. The van der Waals surface area contributed by atoms with Crippen molar-refractivity contribution in [2.24, 2.45) is 0 Å². The normalized spacial score (nSPS) is 11.2. The molecule has 0 aliphatic heterocycles. The van der Waals surface area contributed by atoms with Gasteiger partial charge in [-0.1, -0.05) is 36.4 Å². The minimum absolute atomic E-state index is 0.0526. The van der Waals surface area contributed by atoms with Gasteiger partial charge in [-0.2, -0.15) is 0 Å². The average molecular weight is 402 g/mol. The van der Waals surface area contributed by atoms with Crippen molar-refractivity contribution in [2.45, 2.75) is 13.5 Å². The highest BCUT2D eigenvalue weighted by molar-refractivity contribution is 7.16. The Kier molecular flexibility index (Phi) is 5.35. The van der Waals surface area contributed by atoms with Crippen molar-refractivity contribution in [3.63, 3.8) is 0 Å². The fourth-order valence-corrected chi connectivity index (χ4v) is 3.84. The van der Waals surface area contributed by atoms with Gasteiger partial charge in [-0.15, -0.1) is 11.3 Å². The number of nitrogens with zero attached hydrogens (tertiary/aromatic N) is 2. The van der Waals surface area contributed by atoms with Gasteiger partial charge in [0.15, 0.2) is 0 Å². The maximum atomic E-state index is 12.2. The van der Waals surface area contributed by atoms with Crippen LogP contribution in [0.1, 0.15) is 16.1 Å². The number of fused-ring (bicyclic) bond motifs is 1. The van der Waals surface area contributed by atoms with Crippen LogP contribution in [0.2, 0.25) is 0 Å². The molecule has 0 bridgehead atoms. The zero-order chi connectivity index (χ0) is 20.2. The van der Waals surface area contributed by atoms with Gasteiger partial charge in [0.25, 0.3) is 5.56 Å². The molecule has 144 valence electrons. The second kappa shape index (κ2) is 8.24. The van der Waals surface area contributed by atoms with Gasteiger partial charge < -0.3 is 4.74 Å². The van der Waals surface area contributed by atoms with Crippen LogP contribution in [0.3, 0.4) is 0 Å². The van der Waals surface area contributed by atoms with Crippen LogP contribution in [0.25, 0.3) is 22.2 Å². The summed E-state index contributed by atoms with van der Waals surface area (Å²) < 4.78 is 6.73. The van der Waals surface area contributed by atoms with E-state index in [4.69, 9.17) is 4.74 Å². The first-order valence-electron chi connectivity index (χ1n) is 9.08. The average Bonchev–Trinajstić information content (AvgIpc) is 3.21. The second-order valence-electron chi connectivity index (χ2n) is 6.48. The first kappa shape index (κ1) is 18.8. The molecule has 0 aliphatic rings. The molecule has 0 amide bonds. The van der Waals surface area contributed by atoms with Crippen molar-refractivity contribution in [1.29, 1.82) is 0 Å². The maximum Gasteiger partial charge on any atom is 0.331 e. The summed E-state index contributed by atoms with van der Waals surface area (Å²) in [5, 5.41) is 0. The summed E-state index contributed by atoms with van der Waals surface area (Å²) in [6.07, 6.45) is 4.78. The Morgan fingerprint density at radius 3 is 2.79 bits per heavy atom. The smallest absolute Gasteiger partial charge is 0.331 e. The molecule has 0 N–H and O–H groups in total. The third-order valence-corrected chi connectivity index (χ3v) is 5.47. The lowest BCUT2D eigenvalue weighted by molar-refractivity contribution is -0.139. The van der Waals surface area contributed by atoms with E-state index in [1.807, 2.05) is 43.3 Å². The minimum Gasteiger partial charge on any atom is -0.456 e. The van der Waals surface area contributed by atoms with Crippen molar-refractivity contribution < 1.29 is 9.53 Å². The number of carbonyl (C=O) groups excluding carboxylic acids is 1. The Balaban J connectivity index is 1.42. The summed E-state index contributed by atoms with van der Waals surface area (Å²) in [6.45, 7) is 1.83. The van der Waals surface area contributed by atoms with Crippen LogP contribution in [0.4, 0.5) is 0 Å². The fraction of sp³-hybridized carbons (Fsp3) is 0.0870. The highest BCUT2D eigenvalue weighted by atomic mass is 32.1. The number of carbonyl (C=O) groups is 1. The SMILES string of the molecule is Cc1cccn2c(=O)cc(COC(=O)/C=C/c3ccc(-c4ccccc4)s3)nc12. The number of pyridine rings is 1. The first-order valence-corrected chi connectivity index (χ1v) is 9.90. The van der Waals surface area contributed by atoms with Crippen LogP contribution in [0, 0.1) is 6.92 Å². The molecule has 5 nitrogen and oxygen atoms in total. The van der Waals surface area contributed by atoms with Crippen LogP contribution >= 0.6 is 11.3 Å². The minimum atomic E-state index is -0.480. The quantitative estimate of drug-likeness (QED) is 0.365. The number of ether oxygens (including phenoxy) is 1. The standard InChI is InChI=1S/C23H18N2O3S/c1-16-6-5-13-25-21(26)14-18(24-23(16)25)15-28-22(27)12-10-19-9-11-20(29-19)17-7-3-2-4-8-17/h2-14H,15H2,1H3/b12-10+. The van der Waals surface area contributed by atoms with Crippen LogP contribution in [0.15, 0.2) is 77.7 Å². The Morgan fingerprint density at radius 1 is 1.14 bits per heavy atom. The van der Waals surface area contributed by atoms with E-state index in [-0.39, 0.29) is 12.2 Å². The third kappa shape index (κ3) is 4.33. The molecule has 0 saturated heterocycles. The van der Waals surface area contributed by atoms with Crippen molar-refractivity contribution >= 4 is 29.0 Å². The number of aryl methyl sites for hydroxylation is 1. The van der Waals surface area contributed by atoms with E-state index in [0.717, 1.165) is 20.9 Å². The molecule has 4 rings (SSSR count). The van der Waals surface area contributed by atoms with Crippen LogP contribution < -0.4 is 5.56 Å². The zero-order valence-corrected chi connectivity index (χ0v) is 16.6. The van der Waals surface area contributed by atoms with Gasteiger partial charge in [0, 0.05) is 28.1 Å². The number of hydrogen-bond acceptors (Lipinski definition) is 5. The molecule has 0 saturated carbocycles. The van der Waals surface area contributed by atoms with Gasteiger partial charge in [0.05, 0.1) is 5.69 Å². The van der Waals surface area contributed by atoms with E-state index in [2.05, 4.69) is 17.1 Å². The number of aromatic nitrogens is 2. The predicted molar refractivity (Wildman–Crippen MR) is 115 cm³/mol. The number of thiophene rings is 1. The van der Waals surface area contributed by atoms with E-state index in [0.29, 0.717) is 11.3 Å². The first-order chi connectivity index (χ1) is 14.1. The highest BCUT2D eigenvalue weighted by Gasteiger charge is 2.07. The van der Waals surface area contributed by atoms with Gasteiger partial charge in [0.1, 0.15) is 12.3 Å². The summed E-state index contributed by atoms with van der Waals surface area (Å²) in [7, 11) is 0. The van der Waals surface area contributed by atoms with Crippen molar-refractivity contribution in [2.75, 3.05) is 0 Å². The second-order valence-corrected chi connectivity index (χ2v) is 7.59. The zero-order valence-electron chi connectivity index (χ0n) is 15.7. The summed E-state index contributed by atoms with van der Waals surface area (Å²) >= 11 is 1.60. The van der Waals surface area contributed by atoms with E-state index >= 15 is 0 Å². The molecule has 0 fully saturated rings. The van der Waals surface area contributed by atoms with Crippen LogP contribution in [-0.4, -0.2) is 15.4 Å². The molecule has 1 aromatic carbocycles. The molecule has 0 unspecified atom stereocenters. The lowest BCUT2D eigenvalue weighted by Gasteiger charge is -2.06. The lowest BCUT2D eigenvalue weighted by atomic mass is 10.2. The Bertz CT molecular complexity index is 1260. The van der Waals surface area contributed by atoms with Gasteiger partial charge in [-0.25, -0.2) is 9.78 Å². The van der Waals surface area contributed by atoms with Gasteiger partial charge >= 0.3 is 5.97 Å². The molecule has 6 heteroatoms. The van der Waals surface area contributed by atoms with Crippen LogP contribution in [-0.2, 0) is 16.1 Å². The fourth-order valence-electron chi connectivity index (χ4n) is 2.93. The number of esters is 1. The van der Waals surface area contributed by atoms with Crippen molar-refractivity contribution in [1.82, 2.24) is 9.38 Å². The highest BCUT2D eigenvalue weighted by Crippen LogP contribution is 2.28. The molecule has 0 radical (unpaired) electrons. The topological polar surface area (TPSA) is 60.7 Å². The third-order valence-electron chi connectivity index (χ3n) is 4.37. The molecule has 0 spiro atoms. The van der Waals surface area contributed by atoms with Crippen molar-refractivity contribution in [3.8, 4) is 10.4 Å². The van der Waals surface area contributed by atoms with Gasteiger partial charge in [-0.3, -0.25) is 9.20 Å². The van der Waals surface area contributed by atoms with E-state index in [1.165, 1.54) is 16.5 Å². The molecule has 4 aromatic rings. The summed E-state index contributed by atoms with van der Waals surface area (Å²) in [5.74, 6) is -0.480. The van der Waals surface area contributed by atoms with Gasteiger partial charge in [0.2, 0.25) is 0 Å². The summed E-state index contributed by atoms with van der Waals surface area (Å²) in [6, 6.07) is 19.1. The predicted octanol–water partition coefficient (Wildman–Crippen LogP) is 4.49. The lowest BCUT2D eigenvalue weighted by Crippen LogP contribution is -2.17. The van der Waals surface area contributed by atoms with Gasteiger partial charge in [-0.05, 0) is 42.3 Å². The molecule has 0 aliphatic carbocycles. The molecule has 29 heavy (non-hydrogen) atoms. The van der Waals surface area contributed by atoms with E-state index < -0.39 is 5.97 Å².